The number of hydrogen-bond acceptors (Lipinski definition) is 8. The van der Waals surface area contributed by atoms with Crippen LogP contribution in [0.15, 0.2) is 53.2 Å². The predicted octanol–water partition coefficient (Wildman–Crippen LogP) is 5.20. The number of pyridine rings is 1. The molecule has 1 aliphatic heterocycles. The summed E-state index contributed by atoms with van der Waals surface area (Å²) in [5.74, 6) is 1.42. The van der Waals surface area contributed by atoms with Crippen LogP contribution in [0, 0.1) is 5.92 Å². The maximum atomic E-state index is 12.4. The molecule has 6 rings (SSSR count). The van der Waals surface area contributed by atoms with Gasteiger partial charge in [0, 0.05) is 54.2 Å². The standard InChI is InChI=1S/C27H31F3N6O2/c28-27(29,30)38-19-7-5-17(6-8-19)24-14-33-26(37-24)35-21-4-2-1-3-20(21)34-22-11-16-12-23(22)36(15-16)18-9-10-32-25(31)13-18/h5-10,13-14,16,20-23,34H,1-4,11-12,15H2,(H2,31,32)(H,33,35)/t16-,20-,21-,22+,23-/m1/s1. The lowest BCUT2D eigenvalue weighted by Crippen LogP contribution is -2.56. The molecule has 1 aromatic carbocycles. The molecule has 0 amide bonds. The first-order chi connectivity index (χ1) is 18.3. The average molecular weight is 529 g/mol. The third-order valence-corrected chi connectivity index (χ3v) is 7.96. The normalized spacial score (nSPS) is 27.0. The van der Waals surface area contributed by atoms with Gasteiger partial charge in [-0.3, -0.25) is 0 Å². The van der Waals surface area contributed by atoms with Crippen LogP contribution < -0.4 is 26.0 Å². The number of benzene rings is 1. The van der Waals surface area contributed by atoms with Gasteiger partial charge in [-0.2, -0.15) is 0 Å². The molecule has 0 spiro atoms. The van der Waals surface area contributed by atoms with Crippen molar-refractivity contribution >= 4 is 17.5 Å². The second-order valence-electron chi connectivity index (χ2n) is 10.5. The maximum absolute atomic E-state index is 12.4. The lowest BCUT2D eigenvalue weighted by Gasteiger charge is -2.40. The van der Waals surface area contributed by atoms with E-state index in [0.29, 0.717) is 41.2 Å². The molecule has 3 aromatic rings. The molecule has 2 saturated carbocycles. The fraction of sp³-hybridized carbons (Fsp3) is 0.481. The number of halogens is 3. The molecular formula is C27H31F3N6O2. The van der Waals surface area contributed by atoms with Crippen LogP contribution in [0.25, 0.3) is 11.3 Å². The van der Waals surface area contributed by atoms with E-state index in [4.69, 9.17) is 10.2 Å². The van der Waals surface area contributed by atoms with Crippen molar-refractivity contribution in [2.45, 2.75) is 69.1 Å². The van der Waals surface area contributed by atoms with Crippen LogP contribution in [0.5, 0.6) is 5.75 Å². The van der Waals surface area contributed by atoms with Crippen molar-refractivity contribution < 1.29 is 22.3 Å². The van der Waals surface area contributed by atoms with E-state index in [1.165, 1.54) is 43.5 Å². The number of aromatic nitrogens is 2. The number of rotatable bonds is 7. The maximum Gasteiger partial charge on any atom is 0.573 e. The van der Waals surface area contributed by atoms with E-state index in [1.807, 2.05) is 12.1 Å². The van der Waals surface area contributed by atoms with Gasteiger partial charge in [-0.1, -0.05) is 12.8 Å². The lowest BCUT2D eigenvalue weighted by atomic mass is 9.89. The summed E-state index contributed by atoms with van der Waals surface area (Å²) in [5, 5.41) is 7.45. The van der Waals surface area contributed by atoms with Crippen molar-refractivity contribution in [3.8, 4) is 17.1 Å². The van der Waals surface area contributed by atoms with Crippen molar-refractivity contribution in [3.63, 3.8) is 0 Å². The number of anilines is 3. The van der Waals surface area contributed by atoms with Gasteiger partial charge in [0.05, 0.1) is 6.20 Å². The minimum atomic E-state index is -4.72. The van der Waals surface area contributed by atoms with E-state index in [9.17, 15) is 13.2 Å². The lowest BCUT2D eigenvalue weighted by molar-refractivity contribution is -0.274. The van der Waals surface area contributed by atoms with Gasteiger partial charge in [0.25, 0.3) is 6.01 Å². The quantitative estimate of drug-likeness (QED) is 0.385. The highest BCUT2D eigenvalue weighted by molar-refractivity contribution is 5.59. The summed E-state index contributed by atoms with van der Waals surface area (Å²) in [7, 11) is 0. The van der Waals surface area contributed by atoms with Gasteiger partial charge in [0.15, 0.2) is 5.76 Å². The fourth-order valence-corrected chi connectivity index (χ4v) is 6.35. The largest absolute Gasteiger partial charge is 0.573 e. The SMILES string of the molecule is Nc1cc(N2C[C@@H]3C[C@H](N[C@@H]4CCCC[C@H]4Nc4ncc(-c5ccc(OC(F)(F)F)cc5)o4)[C@H]2C3)ccn1. The Bertz CT molecular complexity index is 1250. The summed E-state index contributed by atoms with van der Waals surface area (Å²) in [6, 6.07) is 11.3. The van der Waals surface area contributed by atoms with Crippen LogP contribution >= 0.6 is 0 Å². The third kappa shape index (κ3) is 5.38. The van der Waals surface area contributed by atoms with E-state index in [1.54, 1.807) is 12.4 Å². The number of piperidine rings is 1. The molecule has 4 N–H and O–H groups in total. The minimum absolute atomic E-state index is 0.168. The van der Waals surface area contributed by atoms with Gasteiger partial charge in [-0.25, -0.2) is 9.97 Å². The molecule has 1 saturated heterocycles. The van der Waals surface area contributed by atoms with Crippen LogP contribution in [-0.2, 0) is 0 Å². The number of alkyl halides is 3. The summed E-state index contributed by atoms with van der Waals surface area (Å²) < 4.78 is 47.2. The second-order valence-corrected chi connectivity index (χ2v) is 10.5. The van der Waals surface area contributed by atoms with E-state index in [2.05, 4.69) is 30.2 Å². The van der Waals surface area contributed by atoms with Crippen molar-refractivity contribution in [1.29, 1.82) is 0 Å². The summed E-state index contributed by atoms with van der Waals surface area (Å²) >= 11 is 0. The minimum Gasteiger partial charge on any atom is -0.424 e. The van der Waals surface area contributed by atoms with Crippen LogP contribution in [0.2, 0.25) is 0 Å². The van der Waals surface area contributed by atoms with Gasteiger partial charge >= 0.3 is 6.36 Å². The van der Waals surface area contributed by atoms with Crippen molar-refractivity contribution in [3.05, 3.63) is 48.8 Å². The molecule has 11 heteroatoms. The Morgan fingerprint density at radius 3 is 2.53 bits per heavy atom. The number of nitrogens with two attached hydrogens (primary N) is 1. The molecule has 2 bridgehead atoms. The summed E-state index contributed by atoms with van der Waals surface area (Å²) in [5.41, 5.74) is 7.71. The molecule has 3 aliphatic rings. The van der Waals surface area contributed by atoms with Crippen LogP contribution in [0.4, 0.5) is 30.7 Å². The highest BCUT2D eigenvalue weighted by Crippen LogP contribution is 2.41. The van der Waals surface area contributed by atoms with Gasteiger partial charge in [0.1, 0.15) is 11.6 Å². The smallest absolute Gasteiger partial charge is 0.424 e. The van der Waals surface area contributed by atoms with E-state index >= 15 is 0 Å². The molecule has 0 unspecified atom stereocenters. The molecule has 8 nitrogen and oxygen atoms in total. The molecule has 5 atom stereocenters. The summed E-state index contributed by atoms with van der Waals surface area (Å²) in [6.45, 7) is 1.06. The number of nitrogens with one attached hydrogen (secondary N) is 2. The molecule has 3 fully saturated rings. The highest BCUT2D eigenvalue weighted by atomic mass is 19.4. The van der Waals surface area contributed by atoms with Gasteiger partial charge in [-0.05, 0) is 61.9 Å². The zero-order valence-corrected chi connectivity index (χ0v) is 20.8. The Hall–Kier alpha value is -3.47. The summed E-state index contributed by atoms with van der Waals surface area (Å²) in [4.78, 5) is 11.0. The number of hydrogen-bond donors (Lipinski definition) is 3. The van der Waals surface area contributed by atoms with E-state index in [0.717, 1.165) is 31.5 Å². The monoisotopic (exact) mass is 528 g/mol. The zero-order chi connectivity index (χ0) is 26.3. The molecular weight excluding hydrogens is 497 g/mol. The van der Waals surface area contributed by atoms with Crippen molar-refractivity contribution in [1.82, 2.24) is 15.3 Å². The number of fused-ring (bicyclic) bond motifs is 2. The first-order valence-electron chi connectivity index (χ1n) is 13.1. The van der Waals surface area contributed by atoms with Crippen molar-refractivity contribution in [2.75, 3.05) is 22.5 Å². The Morgan fingerprint density at radius 1 is 1.00 bits per heavy atom. The topological polar surface area (TPSA) is 101 Å². The zero-order valence-electron chi connectivity index (χ0n) is 20.8. The van der Waals surface area contributed by atoms with Crippen LogP contribution in [-0.4, -0.2) is 47.0 Å². The number of nitrogens with zero attached hydrogens (tertiary/aromatic N) is 3. The van der Waals surface area contributed by atoms with Gasteiger partial charge in [-0.15, -0.1) is 13.2 Å². The Labute approximate surface area is 218 Å². The third-order valence-electron chi connectivity index (χ3n) is 7.96. The van der Waals surface area contributed by atoms with Gasteiger partial charge < -0.3 is 30.4 Å². The first-order valence-corrected chi connectivity index (χ1v) is 13.1. The van der Waals surface area contributed by atoms with E-state index in [-0.39, 0.29) is 17.8 Å². The fourth-order valence-electron chi connectivity index (χ4n) is 6.35. The van der Waals surface area contributed by atoms with E-state index < -0.39 is 6.36 Å². The molecule has 0 radical (unpaired) electrons. The molecule has 2 aliphatic carbocycles. The van der Waals surface area contributed by atoms with Crippen LogP contribution in [0.3, 0.4) is 0 Å². The first kappa shape index (κ1) is 24.8. The Kier molecular flexibility index (Phi) is 6.55. The number of ether oxygens (including phenoxy) is 1. The molecule has 202 valence electrons. The van der Waals surface area contributed by atoms with Crippen LogP contribution in [0.1, 0.15) is 38.5 Å². The van der Waals surface area contributed by atoms with Crippen molar-refractivity contribution in [2.24, 2.45) is 5.92 Å². The van der Waals surface area contributed by atoms with Gasteiger partial charge in [0.2, 0.25) is 0 Å². The second kappa shape index (κ2) is 10.0. The number of nitrogen functional groups attached to an aromatic ring is 1. The average Bonchev–Trinajstić information content (AvgIpc) is 3.61. The molecule has 2 aromatic heterocycles. The highest BCUT2D eigenvalue weighted by Gasteiger charge is 2.46. The Morgan fingerprint density at radius 2 is 1.79 bits per heavy atom. The number of oxazole rings is 1. The summed E-state index contributed by atoms with van der Waals surface area (Å²) in [6.07, 6.45) is 5.36. The molecule has 3 heterocycles. The molecule has 38 heavy (non-hydrogen) atoms. The Balaban J connectivity index is 1.10. The predicted molar refractivity (Wildman–Crippen MR) is 138 cm³/mol.